The molecule has 0 radical (unpaired) electrons. The van der Waals surface area contributed by atoms with Crippen LogP contribution in [-0.2, 0) is 0 Å². The molecule has 0 spiro atoms. The number of thiazole rings is 2. The van der Waals surface area contributed by atoms with Gasteiger partial charge in [0, 0.05) is 11.1 Å². The Morgan fingerprint density at radius 1 is 0.743 bits per heavy atom. The summed E-state index contributed by atoms with van der Waals surface area (Å²) in [5.41, 5.74) is 2.01. The largest absolute Gasteiger partial charge is 0.345 e. The number of aryl methyl sites for hydroxylation is 1. The minimum Gasteiger partial charge on any atom is -0.298 e. The SMILES string of the molecule is Cc1ccc(C(=O)Nc2ncc([N+](=O)[O-])s2)cc1.O=C(Nc1ncc([N+](=O)[O-])s1)c1ccccc1. The number of nitrogens with zero attached hydrogens (tertiary/aromatic N) is 4. The summed E-state index contributed by atoms with van der Waals surface area (Å²) in [6.07, 6.45) is 2.24. The van der Waals surface area contributed by atoms with Crippen molar-refractivity contribution in [2.45, 2.75) is 6.92 Å². The molecule has 0 fully saturated rings. The molecule has 2 heterocycles. The molecule has 2 N–H and O–H groups in total. The van der Waals surface area contributed by atoms with Gasteiger partial charge in [0.2, 0.25) is 0 Å². The van der Waals surface area contributed by atoms with E-state index < -0.39 is 9.85 Å². The van der Waals surface area contributed by atoms with Crippen molar-refractivity contribution >= 4 is 54.8 Å². The third-order valence-electron chi connectivity index (χ3n) is 4.14. The van der Waals surface area contributed by atoms with Crippen LogP contribution in [0.5, 0.6) is 0 Å². The molecule has 35 heavy (non-hydrogen) atoms. The molecule has 0 aliphatic carbocycles. The van der Waals surface area contributed by atoms with E-state index in [9.17, 15) is 29.8 Å². The van der Waals surface area contributed by atoms with Crippen LogP contribution in [0, 0.1) is 27.2 Å². The smallest absolute Gasteiger partial charge is 0.298 e. The van der Waals surface area contributed by atoms with Gasteiger partial charge in [-0.1, -0.05) is 35.9 Å². The maximum absolute atomic E-state index is 11.8. The third-order valence-corrected chi connectivity index (χ3v) is 5.87. The van der Waals surface area contributed by atoms with Gasteiger partial charge in [-0.05, 0) is 53.9 Å². The van der Waals surface area contributed by atoms with E-state index in [4.69, 9.17) is 0 Å². The summed E-state index contributed by atoms with van der Waals surface area (Å²) >= 11 is 1.65. The van der Waals surface area contributed by atoms with Crippen molar-refractivity contribution < 1.29 is 19.4 Å². The number of carbonyl (C=O) groups excluding carboxylic acids is 2. The highest BCUT2D eigenvalue weighted by atomic mass is 32.1. The number of carbonyl (C=O) groups is 2. The predicted octanol–water partition coefficient (Wildman–Crippen LogP) is 4.92. The molecular weight excluding hydrogens is 496 g/mol. The van der Waals surface area contributed by atoms with Crippen molar-refractivity contribution in [3.05, 3.63) is 104 Å². The first-order valence-corrected chi connectivity index (χ1v) is 11.3. The quantitative estimate of drug-likeness (QED) is 0.271. The van der Waals surface area contributed by atoms with Gasteiger partial charge in [-0.2, -0.15) is 0 Å². The highest BCUT2D eigenvalue weighted by molar-refractivity contribution is 7.19. The predicted molar refractivity (Wildman–Crippen MR) is 131 cm³/mol. The number of anilines is 2. The van der Waals surface area contributed by atoms with Gasteiger partial charge in [-0.15, -0.1) is 0 Å². The fourth-order valence-electron chi connectivity index (χ4n) is 2.45. The zero-order valence-electron chi connectivity index (χ0n) is 17.9. The van der Waals surface area contributed by atoms with Crippen molar-refractivity contribution in [2.75, 3.05) is 10.6 Å². The van der Waals surface area contributed by atoms with E-state index in [1.807, 2.05) is 19.1 Å². The summed E-state index contributed by atoms with van der Waals surface area (Å²) in [5.74, 6) is -0.672. The Kier molecular flexibility index (Phi) is 8.26. The lowest BCUT2D eigenvalue weighted by molar-refractivity contribution is -0.380. The van der Waals surface area contributed by atoms with Crippen LogP contribution in [0.4, 0.5) is 20.3 Å². The topological polar surface area (TPSA) is 170 Å². The van der Waals surface area contributed by atoms with Crippen LogP contribution in [0.1, 0.15) is 26.3 Å². The van der Waals surface area contributed by atoms with E-state index >= 15 is 0 Å². The Bertz CT molecular complexity index is 1350. The summed E-state index contributed by atoms with van der Waals surface area (Å²) < 4.78 is 0. The number of aromatic nitrogens is 2. The number of nitro groups is 2. The van der Waals surface area contributed by atoms with Gasteiger partial charge in [0.1, 0.15) is 12.4 Å². The minimum absolute atomic E-state index is 0.103. The van der Waals surface area contributed by atoms with Crippen LogP contribution in [0.25, 0.3) is 0 Å². The van der Waals surface area contributed by atoms with Crippen LogP contribution >= 0.6 is 22.7 Å². The lowest BCUT2D eigenvalue weighted by Gasteiger charge is -2.01. The minimum atomic E-state index is -0.546. The highest BCUT2D eigenvalue weighted by Crippen LogP contribution is 2.26. The van der Waals surface area contributed by atoms with Gasteiger partial charge in [-0.25, -0.2) is 9.97 Å². The summed E-state index contributed by atoms with van der Waals surface area (Å²) in [4.78, 5) is 50.8. The number of amides is 2. The summed E-state index contributed by atoms with van der Waals surface area (Å²) in [6, 6.07) is 15.6. The Balaban J connectivity index is 0.000000196. The molecule has 12 nitrogen and oxygen atoms in total. The first-order chi connectivity index (χ1) is 16.7. The zero-order valence-corrected chi connectivity index (χ0v) is 19.5. The lowest BCUT2D eigenvalue weighted by Crippen LogP contribution is -2.11. The monoisotopic (exact) mass is 512 g/mol. The van der Waals surface area contributed by atoms with E-state index in [2.05, 4.69) is 20.6 Å². The average molecular weight is 513 g/mol. The molecule has 178 valence electrons. The van der Waals surface area contributed by atoms with Crippen LogP contribution < -0.4 is 10.6 Å². The molecule has 2 aromatic heterocycles. The Morgan fingerprint density at radius 3 is 1.57 bits per heavy atom. The number of nitrogens with one attached hydrogen (secondary N) is 2. The van der Waals surface area contributed by atoms with Gasteiger partial charge in [0.25, 0.3) is 11.8 Å². The Hall–Kier alpha value is -4.56. The van der Waals surface area contributed by atoms with Crippen molar-refractivity contribution in [2.24, 2.45) is 0 Å². The van der Waals surface area contributed by atoms with Crippen molar-refractivity contribution in [1.82, 2.24) is 9.97 Å². The molecule has 0 aliphatic rings. The van der Waals surface area contributed by atoms with Crippen LogP contribution in [-0.4, -0.2) is 31.6 Å². The van der Waals surface area contributed by atoms with Crippen LogP contribution in [0.3, 0.4) is 0 Å². The molecular formula is C21H16N6O6S2. The van der Waals surface area contributed by atoms with Crippen molar-refractivity contribution in [1.29, 1.82) is 0 Å². The normalized spacial score (nSPS) is 9.97. The Morgan fingerprint density at radius 2 is 1.17 bits per heavy atom. The van der Waals surface area contributed by atoms with E-state index in [-0.39, 0.29) is 32.1 Å². The number of rotatable bonds is 6. The van der Waals surface area contributed by atoms with Gasteiger partial charge in [0.15, 0.2) is 10.3 Å². The molecule has 0 bridgehead atoms. The number of hydrogen-bond acceptors (Lipinski definition) is 10. The van der Waals surface area contributed by atoms with E-state index in [0.29, 0.717) is 11.1 Å². The van der Waals surface area contributed by atoms with Crippen LogP contribution in [0.2, 0.25) is 0 Å². The lowest BCUT2D eigenvalue weighted by atomic mass is 10.1. The first kappa shape index (κ1) is 25.1. The van der Waals surface area contributed by atoms with Crippen LogP contribution in [0.15, 0.2) is 67.0 Å². The molecule has 2 amide bonds. The van der Waals surface area contributed by atoms with E-state index in [1.54, 1.807) is 42.5 Å². The van der Waals surface area contributed by atoms with Crippen molar-refractivity contribution in [3.63, 3.8) is 0 Å². The number of hydrogen-bond donors (Lipinski definition) is 2. The summed E-state index contributed by atoms with van der Waals surface area (Å²) in [5, 5.41) is 26.1. The van der Waals surface area contributed by atoms with Gasteiger partial charge < -0.3 is 0 Å². The van der Waals surface area contributed by atoms with Gasteiger partial charge in [0.05, 0.1) is 9.85 Å². The Labute approximate surface area is 205 Å². The molecule has 2 aromatic carbocycles. The second-order valence-corrected chi connectivity index (χ2v) is 8.68. The van der Waals surface area contributed by atoms with Crippen molar-refractivity contribution in [3.8, 4) is 0 Å². The first-order valence-electron chi connectivity index (χ1n) is 9.68. The summed E-state index contributed by atoms with van der Waals surface area (Å²) in [7, 11) is 0. The molecule has 0 unspecified atom stereocenters. The molecule has 0 saturated heterocycles. The second kappa shape index (κ2) is 11.5. The fourth-order valence-corrected chi connectivity index (χ4v) is 3.70. The highest BCUT2D eigenvalue weighted by Gasteiger charge is 2.15. The third kappa shape index (κ3) is 7.21. The second-order valence-electron chi connectivity index (χ2n) is 6.66. The molecule has 0 saturated carbocycles. The fraction of sp³-hybridized carbons (Fsp3) is 0.0476. The standard InChI is InChI=1S/C11H9N3O3S.C10H7N3O3S/c1-7-2-4-8(5-3-7)10(15)13-11-12-6-9(18-11)14(16)17;14-9(7-4-2-1-3-5-7)12-10-11-6-8(17-10)13(15)16/h2-6H,1H3,(H,12,13,15);1-6H,(H,11,12,14). The molecule has 4 aromatic rings. The maximum atomic E-state index is 11.8. The molecule has 14 heteroatoms. The maximum Gasteiger partial charge on any atom is 0.345 e. The molecule has 4 rings (SSSR count). The molecule has 0 aliphatic heterocycles. The average Bonchev–Trinajstić information content (AvgIpc) is 3.50. The van der Waals surface area contributed by atoms with E-state index in [0.717, 1.165) is 40.6 Å². The van der Waals surface area contributed by atoms with Gasteiger partial charge in [-0.3, -0.25) is 40.5 Å². The molecule has 0 atom stereocenters. The number of benzene rings is 2. The summed E-state index contributed by atoms with van der Waals surface area (Å²) in [6.45, 7) is 1.92. The van der Waals surface area contributed by atoms with E-state index in [1.165, 1.54) is 0 Å². The van der Waals surface area contributed by atoms with Gasteiger partial charge >= 0.3 is 10.0 Å². The zero-order chi connectivity index (χ0) is 25.4.